The van der Waals surface area contributed by atoms with Gasteiger partial charge in [0.1, 0.15) is 6.54 Å². The van der Waals surface area contributed by atoms with E-state index < -0.39 is 0 Å². The molecule has 4 aromatic rings. The van der Waals surface area contributed by atoms with Gasteiger partial charge in [-0.3, -0.25) is 0 Å². The second kappa shape index (κ2) is 9.68. The average molecular weight is 512 g/mol. The Bertz CT molecular complexity index is 1650. The van der Waals surface area contributed by atoms with Crippen LogP contribution in [-0.4, -0.2) is 23.9 Å². The van der Waals surface area contributed by atoms with Crippen LogP contribution < -0.4 is 4.90 Å². The van der Waals surface area contributed by atoms with Crippen molar-refractivity contribution in [3.8, 4) is 0 Å². The van der Waals surface area contributed by atoms with Gasteiger partial charge in [0.2, 0.25) is 5.69 Å². The molecule has 2 heterocycles. The molecule has 4 aromatic carbocycles. The number of likely N-dealkylation sites (N-methyl/N-ethyl adjacent to an activating group) is 1. The zero-order valence-electron chi connectivity index (χ0n) is 23.9. The molecule has 1 unspecified atom stereocenters. The van der Waals surface area contributed by atoms with Crippen molar-refractivity contribution >= 4 is 27.9 Å². The zero-order chi connectivity index (χ0) is 27.2. The molecule has 0 fully saturated rings. The number of nitrogens with zero attached hydrogens (tertiary/aromatic N) is 2. The summed E-state index contributed by atoms with van der Waals surface area (Å²) in [6.07, 6.45) is 9.08. The van der Waals surface area contributed by atoms with Crippen LogP contribution in [0.1, 0.15) is 50.8 Å². The molecule has 2 heteroatoms. The Morgan fingerprint density at radius 3 is 2.28 bits per heavy atom. The number of hydrogen-bond acceptors (Lipinski definition) is 1. The van der Waals surface area contributed by atoms with E-state index in [1.807, 2.05) is 0 Å². The molecule has 0 N–H and O–H groups in total. The lowest BCUT2D eigenvalue weighted by atomic mass is 9.76. The lowest BCUT2D eigenvalue weighted by molar-refractivity contribution is -0.437. The summed E-state index contributed by atoms with van der Waals surface area (Å²) in [4.78, 5) is 2.39. The first-order chi connectivity index (χ1) is 18.8. The summed E-state index contributed by atoms with van der Waals surface area (Å²) in [7, 11) is 2.22. The normalized spacial score (nSPS) is 20.8. The number of allylic oxidation sites excluding steroid dienone is 4. The summed E-state index contributed by atoms with van der Waals surface area (Å²) < 4.78 is 2.52. The lowest BCUT2D eigenvalue weighted by Gasteiger charge is -2.29. The van der Waals surface area contributed by atoms with Crippen molar-refractivity contribution < 1.29 is 4.58 Å². The highest BCUT2D eigenvalue weighted by molar-refractivity contribution is 6.03. The van der Waals surface area contributed by atoms with Gasteiger partial charge in [0.25, 0.3) is 0 Å². The SMILES string of the molecule is CCC[N+]1=C(/C=C/C=C2/N(C)c3ccccc3C2(C)Cc2ccc3ccccc3c2)C(C)(C)c2ccccc21. The van der Waals surface area contributed by atoms with Gasteiger partial charge < -0.3 is 4.90 Å². The summed E-state index contributed by atoms with van der Waals surface area (Å²) in [5, 5.41) is 2.60. The third-order valence-electron chi connectivity index (χ3n) is 8.91. The van der Waals surface area contributed by atoms with Gasteiger partial charge in [-0.25, -0.2) is 0 Å². The number of benzene rings is 4. The number of rotatable bonds is 6. The molecule has 0 aromatic heterocycles. The van der Waals surface area contributed by atoms with Crippen LogP contribution in [0.5, 0.6) is 0 Å². The number of fused-ring (bicyclic) bond motifs is 3. The standard InChI is InChI=1S/C37H39N2/c1-6-24-39-33-19-12-9-16-30(33)36(2,3)34(39)20-13-21-35-37(4,31-17-10-11-18-32(31)38(35)5)26-27-22-23-28-14-7-8-15-29(28)25-27/h7-23,25H,6,24,26H2,1-5H3/q+1. The molecule has 2 aliphatic rings. The first-order valence-corrected chi connectivity index (χ1v) is 14.3. The molecule has 0 bridgehead atoms. The van der Waals surface area contributed by atoms with E-state index in [1.165, 1.54) is 50.2 Å². The smallest absolute Gasteiger partial charge is 0.209 e. The molecule has 196 valence electrons. The Labute approximate surface area is 233 Å². The fraction of sp³-hybridized carbons (Fsp3) is 0.270. The lowest BCUT2D eigenvalue weighted by Crippen LogP contribution is -2.29. The molecule has 0 amide bonds. The fourth-order valence-electron chi connectivity index (χ4n) is 6.94. The van der Waals surface area contributed by atoms with Crippen LogP contribution in [0, 0.1) is 0 Å². The van der Waals surface area contributed by atoms with Crippen molar-refractivity contribution in [1.82, 2.24) is 0 Å². The Hall–Kier alpha value is -3.91. The third-order valence-corrected chi connectivity index (χ3v) is 8.91. The number of para-hydroxylation sites is 2. The highest BCUT2D eigenvalue weighted by atomic mass is 15.2. The van der Waals surface area contributed by atoms with E-state index in [1.54, 1.807) is 0 Å². The summed E-state index contributed by atoms with van der Waals surface area (Å²) in [5.74, 6) is 0. The van der Waals surface area contributed by atoms with Gasteiger partial charge in [-0.1, -0.05) is 91.9 Å². The monoisotopic (exact) mass is 511 g/mol. The van der Waals surface area contributed by atoms with Crippen LogP contribution in [0.15, 0.2) is 115 Å². The van der Waals surface area contributed by atoms with Gasteiger partial charge in [0, 0.05) is 48.0 Å². The Morgan fingerprint density at radius 2 is 1.49 bits per heavy atom. The molecule has 2 aliphatic heterocycles. The largest absolute Gasteiger partial charge is 0.347 e. The predicted molar refractivity (Wildman–Crippen MR) is 167 cm³/mol. The molecule has 0 saturated heterocycles. The molecule has 0 saturated carbocycles. The van der Waals surface area contributed by atoms with Crippen molar-refractivity contribution in [3.63, 3.8) is 0 Å². The van der Waals surface area contributed by atoms with Gasteiger partial charge in [0.05, 0.1) is 5.41 Å². The van der Waals surface area contributed by atoms with Crippen molar-refractivity contribution in [2.24, 2.45) is 0 Å². The van der Waals surface area contributed by atoms with E-state index >= 15 is 0 Å². The highest BCUT2D eigenvalue weighted by Crippen LogP contribution is 2.49. The summed E-state index contributed by atoms with van der Waals surface area (Å²) >= 11 is 0. The second-order valence-corrected chi connectivity index (χ2v) is 11.9. The van der Waals surface area contributed by atoms with Crippen LogP contribution in [0.2, 0.25) is 0 Å². The topological polar surface area (TPSA) is 6.25 Å². The van der Waals surface area contributed by atoms with Crippen LogP contribution in [0.4, 0.5) is 11.4 Å². The highest BCUT2D eigenvalue weighted by Gasteiger charge is 2.44. The molecule has 0 spiro atoms. The maximum atomic E-state index is 2.52. The minimum absolute atomic E-state index is 0.0281. The van der Waals surface area contributed by atoms with E-state index in [0.717, 1.165) is 19.4 Å². The third kappa shape index (κ3) is 4.14. The molecular formula is C37H39N2+. The van der Waals surface area contributed by atoms with Crippen LogP contribution in [-0.2, 0) is 17.3 Å². The number of anilines is 1. The van der Waals surface area contributed by atoms with E-state index in [0.29, 0.717) is 0 Å². The molecular weight excluding hydrogens is 472 g/mol. The Balaban J connectivity index is 1.41. The van der Waals surface area contributed by atoms with Gasteiger partial charge in [-0.05, 0) is 61.2 Å². The second-order valence-electron chi connectivity index (χ2n) is 11.9. The van der Waals surface area contributed by atoms with Crippen molar-refractivity contribution in [3.05, 3.63) is 132 Å². The van der Waals surface area contributed by atoms with E-state index in [4.69, 9.17) is 0 Å². The minimum Gasteiger partial charge on any atom is -0.347 e. The molecule has 0 aliphatic carbocycles. The van der Waals surface area contributed by atoms with Crippen LogP contribution >= 0.6 is 0 Å². The van der Waals surface area contributed by atoms with Gasteiger partial charge in [-0.2, -0.15) is 4.58 Å². The Morgan fingerprint density at radius 1 is 0.795 bits per heavy atom. The van der Waals surface area contributed by atoms with E-state index in [9.17, 15) is 0 Å². The van der Waals surface area contributed by atoms with Crippen molar-refractivity contribution in [1.29, 1.82) is 0 Å². The maximum Gasteiger partial charge on any atom is 0.209 e. The van der Waals surface area contributed by atoms with E-state index in [-0.39, 0.29) is 10.8 Å². The summed E-state index contributed by atoms with van der Waals surface area (Å²) in [6.45, 7) is 10.4. The van der Waals surface area contributed by atoms with Crippen molar-refractivity contribution in [2.75, 3.05) is 18.5 Å². The van der Waals surface area contributed by atoms with Gasteiger partial charge in [0.15, 0.2) is 5.71 Å². The van der Waals surface area contributed by atoms with Crippen LogP contribution in [0.3, 0.4) is 0 Å². The minimum atomic E-state index is -0.125. The summed E-state index contributed by atoms with van der Waals surface area (Å²) in [5.41, 5.74) is 9.39. The van der Waals surface area contributed by atoms with Gasteiger partial charge in [-0.15, -0.1) is 0 Å². The molecule has 0 radical (unpaired) electrons. The first kappa shape index (κ1) is 25.4. The van der Waals surface area contributed by atoms with Gasteiger partial charge >= 0.3 is 0 Å². The predicted octanol–water partition coefficient (Wildman–Crippen LogP) is 8.72. The Kier molecular flexibility index (Phi) is 6.30. The molecule has 39 heavy (non-hydrogen) atoms. The number of hydrogen-bond donors (Lipinski definition) is 0. The summed E-state index contributed by atoms with van der Waals surface area (Å²) in [6, 6.07) is 33.4. The molecule has 6 rings (SSSR count). The van der Waals surface area contributed by atoms with Crippen LogP contribution in [0.25, 0.3) is 10.8 Å². The maximum absolute atomic E-state index is 2.52. The fourth-order valence-corrected chi connectivity index (χ4v) is 6.94. The molecule has 1 atom stereocenters. The molecule has 2 nitrogen and oxygen atoms in total. The van der Waals surface area contributed by atoms with E-state index in [2.05, 4.69) is 153 Å². The van der Waals surface area contributed by atoms with Crippen molar-refractivity contribution in [2.45, 2.75) is 51.4 Å². The quantitative estimate of drug-likeness (QED) is 0.235. The zero-order valence-corrected chi connectivity index (χ0v) is 23.9. The average Bonchev–Trinajstić information content (AvgIpc) is 3.29. The first-order valence-electron chi connectivity index (χ1n) is 14.3.